The molecule has 3 unspecified atom stereocenters. The normalized spacial score (nSPS) is 25.3. The number of aliphatic hydroxyl groups is 1. The number of amides is 2. The van der Waals surface area contributed by atoms with Crippen molar-refractivity contribution < 1.29 is 33.4 Å². The summed E-state index contributed by atoms with van der Waals surface area (Å²) < 4.78 is 24.7. The molecule has 13 nitrogen and oxygen atoms in total. The van der Waals surface area contributed by atoms with Crippen molar-refractivity contribution in [2.75, 3.05) is 59.0 Å². The van der Waals surface area contributed by atoms with Crippen LogP contribution in [0, 0.1) is 28.1 Å². The summed E-state index contributed by atoms with van der Waals surface area (Å²) >= 11 is 6.26. The van der Waals surface area contributed by atoms with Gasteiger partial charge in [0, 0.05) is 79.9 Å². The standard InChI is InChI=1S/C49H67ClN6O7/c1-32(2)43(45(59)56-21-19-36(57)31-56)42-28-35(53-63-42)10-9-20-54-22-24-55(25-23-54)40-11-7-8-12-41(40)61-27-26-60-37-16-13-33(14-17-37)44(58)52-46-48(3,4)47(49(46,5)6)62-38-18-15-34(30-51)39(50)29-38/h13-18,28-29,32,36,40-41,43,46-47,57H,7-12,19-27,31H2,1-6H3,(H,52,58)/t36-,40?,41?,43?,46-,47-/m1/s1. The fourth-order valence-corrected chi connectivity index (χ4v) is 11.0. The molecule has 2 aromatic carbocycles. The molecule has 2 N–H and O–H groups in total. The van der Waals surface area contributed by atoms with Gasteiger partial charge in [0.2, 0.25) is 5.91 Å². The van der Waals surface area contributed by atoms with Crippen LogP contribution in [0.15, 0.2) is 53.1 Å². The number of β-amino-alcohol motifs (C(OH)–C–C–N with tert-alkyl or cyclic N) is 1. The van der Waals surface area contributed by atoms with E-state index in [-0.39, 0.29) is 52.7 Å². The molecule has 4 atom stereocenters. The molecule has 7 rings (SSSR count). The minimum Gasteiger partial charge on any atom is -0.491 e. The van der Waals surface area contributed by atoms with Crippen LogP contribution in [0.1, 0.15) is 113 Å². The van der Waals surface area contributed by atoms with Crippen LogP contribution in [0.5, 0.6) is 11.5 Å². The molecule has 3 aromatic rings. The minimum absolute atomic E-state index is 0.0155. The van der Waals surface area contributed by atoms with Gasteiger partial charge in [-0.05, 0) is 81.0 Å². The van der Waals surface area contributed by atoms with Crippen LogP contribution in [-0.2, 0) is 16.0 Å². The Balaban J connectivity index is 0.805. The van der Waals surface area contributed by atoms with Gasteiger partial charge in [-0.25, -0.2) is 0 Å². The number of hydrogen-bond acceptors (Lipinski definition) is 11. The number of nitrogens with one attached hydrogen (secondary N) is 1. The maximum Gasteiger partial charge on any atom is 0.251 e. The molecule has 63 heavy (non-hydrogen) atoms. The highest BCUT2D eigenvalue weighted by Gasteiger charge is 2.64. The molecule has 2 amide bonds. The van der Waals surface area contributed by atoms with E-state index in [9.17, 15) is 20.0 Å². The van der Waals surface area contributed by atoms with E-state index in [4.69, 9.17) is 30.3 Å². The number of aromatic nitrogens is 1. The summed E-state index contributed by atoms with van der Waals surface area (Å²) in [5.74, 6) is 1.48. The molecule has 2 aliphatic carbocycles. The van der Waals surface area contributed by atoms with Gasteiger partial charge >= 0.3 is 0 Å². The van der Waals surface area contributed by atoms with Gasteiger partial charge in [-0.2, -0.15) is 5.26 Å². The molecule has 342 valence electrons. The SMILES string of the molecule is CC(C)C(C(=O)N1CC[C@@H](O)C1)c1cc(CCCN2CCN(C3CCCCC3OCCOc3ccc(C(=O)N[C@H]4C(C)(C)[C@H](Oc5ccc(C#N)c(Cl)c5)C4(C)C)cc3)CC2)no1. The van der Waals surface area contributed by atoms with Crippen molar-refractivity contribution in [3.05, 3.63) is 76.1 Å². The molecule has 1 aromatic heterocycles. The van der Waals surface area contributed by atoms with Gasteiger partial charge in [0.25, 0.3) is 5.91 Å². The van der Waals surface area contributed by atoms with E-state index in [2.05, 4.69) is 54.0 Å². The maximum absolute atomic E-state index is 13.4. The monoisotopic (exact) mass is 886 g/mol. The highest BCUT2D eigenvalue weighted by molar-refractivity contribution is 6.31. The lowest BCUT2D eigenvalue weighted by Crippen LogP contribution is -2.74. The van der Waals surface area contributed by atoms with Gasteiger partial charge in [0.1, 0.15) is 42.0 Å². The lowest BCUT2D eigenvalue weighted by molar-refractivity contribution is -0.164. The fourth-order valence-electron chi connectivity index (χ4n) is 10.8. The molecular formula is C49H67ClN6O7. The van der Waals surface area contributed by atoms with E-state index in [1.165, 1.54) is 12.8 Å². The van der Waals surface area contributed by atoms with Crippen LogP contribution < -0.4 is 14.8 Å². The number of ether oxygens (including phenoxy) is 3. The van der Waals surface area contributed by atoms with Gasteiger partial charge in [-0.3, -0.25) is 14.5 Å². The number of nitrogens with zero attached hydrogens (tertiary/aromatic N) is 5. The number of aryl methyl sites for hydroxylation is 1. The second kappa shape index (κ2) is 20.3. The van der Waals surface area contributed by atoms with E-state index in [1.54, 1.807) is 35.2 Å². The summed E-state index contributed by atoms with van der Waals surface area (Å²) in [5, 5.41) is 27.1. The first-order valence-electron chi connectivity index (χ1n) is 23.1. The van der Waals surface area contributed by atoms with Crippen molar-refractivity contribution >= 4 is 23.4 Å². The molecule has 2 saturated heterocycles. The van der Waals surface area contributed by atoms with Crippen LogP contribution in [0.2, 0.25) is 5.02 Å². The maximum atomic E-state index is 13.4. The van der Waals surface area contributed by atoms with E-state index in [0.717, 1.165) is 64.1 Å². The molecule has 3 heterocycles. The van der Waals surface area contributed by atoms with Crippen LogP contribution in [0.3, 0.4) is 0 Å². The number of benzene rings is 2. The van der Waals surface area contributed by atoms with Crippen molar-refractivity contribution in [1.82, 2.24) is 25.2 Å². The molecule has 4 fully saturated rings. The highest BCUT2D eigenvalue weighted by Crippen LogP contribution is 2.55. The van der Waals surface area contributed by atoms with Crippen molar-refractivity contribution in [3.63, 3.8) is 0 Å². The highest BCUT2D eigenvalue weighted by atomic mass is 35.5. The van der Waals surface area contributed by atoms with Crippen molar-refractivity contribution in [3.8, 4) is 17.6 Å². The largest absolute Gasteiger partial charge is 0.491 e. The summed E-state index contributed by atoms with van der Waals surface area (Å²) in [4.78, 5) is 33.6. The van der Waals surface area contributed by atoms with Gasteiger partial charge < -0.3 is 39.0 Å². The number of aliphatic hydroxyl groups excluding tert-OH is 1. The lowest BCUT2D eigenvalue weighted by Gasteiger charge is -2.63. The van der Waals surface area contributed by atoms with Crippen molar-refractivity contribution in [2.45, 2.75) is 123 Å². The zero-order valence-corrected chi connectivity index (χ0v) is 38.7. The topological polar surface area (TPSA) is 154 Å². The number of hydrogen-bond donors (Lipinski definition) is 2. The smallest absolute Gasteiger partial charge is 0.251 e. The number of rotatable bonds is 17. The third-order valence-corrected chi connectivity index (χ3v) is 14.3. The molecule has 4 aliphatic rings. The van der Waals surface area contributed by atoms with Gasteiger partial charge in [0.05, 0.1) is 35.1 Å². The molecular weight excluding hydrogens is 820 g/mol. The van der Waals surface area contributed by atoms with Crippen LogP contribution >= 0.6 is 11.6 Å². The fraction of sp³-hybridized carbons (Fsp3) is 0.633. The van der Waals surface area contributed by atoms with Crippen molar-refractivity contribution in [1.29, 1.82) is 5.26 Å². The number of nitriles is 1. The number of carbonyl (C=O) groups excluding carboxylic acids is 2. The number of likely N-dealkylation sites (tertiary alicyclic amines) is 1. The van der Waals surface area contributed by atoms with Crippen LogP contribution in [0.4, 0.5) is 0 Å². The first kappa shape index (κ1) is 46.8. The average molecular weight is 888 g/mol. The van der Waals surface area contributed by atoms with Gasteiger partial charge in [-0.1, -0.05) is 71.1 Å². The zero-order valence-electron chi connectivity index (χ0n) is 38.0. The third kappa shape index (κ3) is 10.9. The van der Waals surface area contributed by atoms with Crippen molar-refractivity contribution in [2.24, 2.45) is 16.7 Å². The second-order valence-corrected chi connectivity index (χ2v) is 20.0. The average Bonchev–Trinajstić information content (AvgIpc) is 3.92. The third-order valence-electron chi connectivity index (χ3n) is 14.0. The molecule has 0 bridgehead atoms. The lowest BCUT2D eigenvalue weighted by atomic mass is 9.49. The molecule has 0 spiro atoms. The Morgan fingerprint density at radius 3 is 2.35 bits per heavy atom. The Hall–Kier alpha value is -4.19. The molecule has 2 saturated carbocycles. The summed E-state index contributed by atoms with van der Waals surface area (Å²) in [5.41, 5.74) is 1.14. The van der Waals surface area contributed by atoms with E-state index < -0.39 is 6.10 Å². The Morgan fingerprint density at radius 1 is 0.968 bits per heavy atom. The Morgan fingerprint density at radius 2 is 1.68 bits per heavy atom. The first-order chi connectivity index (χ1) is 30.1. The summed E-state index contributed by atoms with van der Waals surface area (Å²) in [7, 11) is 0. The predicted molar refractivity (Wildman–Crippen MR) is 241 cm³/mol. The first-order valence-corrected chi connectivity index (χ1v) is 23.4. The van der Waals surface area contributed by atoms with Crippen LogP contribution in [-0.4, -0.2) is 126 Å². The molecule has 14 heteroatoms. The van der Waals surface area contributed by atoms with Crippen LogP contribution in [0.25, 0.3) is 0 Å². The van der Waals surface area contributed by atoms with Gasteiger partial charge in [0.15, 0.2) is 0 Å². The molecule has 2 aliphatic heterocycles. The predicted octanol–water partition coefficient (Wildman–Crippen LogP) is 7.10. The number of piperazine rings is 1. The summed E-state index contributed by atoms with van der Waals surface area (Å²) in [6.07, 6.45) is 6.57. The van der Waals surface area contributed by atoms with E-state index in [0.29, 0.717) is 72.2 Å². The number of halogens is 1. The quantitative estimate of drug-likeness (QED) is 0.134. The van der Waals surface area contributed by atoms with Gasteiger partial charge in [-0.15, -0.1) is 0 Å². The molecule has 0 radical (unpaired) electrons. The number of carbonyl (C=O) groups is 2. The Kier molecular flexibility index (Phi) is 15.1. The zero-order chi connectivity index (χ0) is 44.9. The second-order valence-electron chi connectivity index (χ2n) is 19.6. The van der Waals surface area contributed by atoms with E-state index in [1.807, 2.05) is 32.0 Å². The Labute approximate surface area is 378 Å². The minimum atomic E-state index is -0.443. The summed E-state index contributed by atoms with van der Waals surface area (Å²) in [6.45, 7) is 19.4. The summed E-state index contributed by atoms with van der Waals surface area (Å²) in [6, 6.07) is 16.7. The van der Waals surface area contributed by atoms with E-state index >= 15 is 0 Å². The Bertz CT molecular complexity index is 2040.